The van der Waals surface area contributed by atoms with Crippen molar-refractivity contribution in [1.29, 1.82) is 0 Å². The van der Waals surface area contributed by atoms with Crippen molar-refractivity contribution in [3.63, 3.8) is 0 Å². The summed E-state index contributed by atoms with van der Waals surface area (Å²) in [6.07, 6.45) is 3.53. The van der Waals surface area contributed by atoms with Gasteiger partial charge in [0.15, 0.2) is 0 Å². The molecule has 16 heavy (non-hydrogen) atoms. The predicted molar refractivity (Wildman–Crippen MR) is 58.4 cm³/mol. The smallest absolute Gasteiger partial charge is 0.135 e. The highest BCUT2D eigenvalue weighted by Crippen LogP contribution is 2.19. The Balaban J connectivity index is 2.77. The summed E-state index contributed by atoms with van der Waals surface area (Å²) in [6, 6.07) is 1.82. The Morgan fingerprint density at radius 1 is 1.44 bits per heavy atom. The van der Waals surface area contributed by atoms with Crippen molar-refractivity contribution in [3.05, 3.63) is 45.8 Å². The lowest BCUT2D eigenvalue weighted by Crippen LogP contribution is -1.94. The molecule has 0 aromatic heterocycles. The van der Waals surface area contributed by atoms with Crippen molar-refractivity contribution in [2.75, 3.05) is 12.3 Å². The van der Waals surface area contributed by atoms with E-state index in [-0.39, 0.29) is 17.8 Å². The molecule has 0 bridgehead atoms. The molecule has 0 amide bonds. The van der Waals surface area contributed by atoms with Gasteiger partial charge in [-0.3, -0.25) is 0 Å². The summed E-state index contributed by atoms with van der Waals surface area (Å²) in [5.74, 6) is -1.42. The van der Waals surface area contributed by atoms with Crippen LogP contribution in [0.25, 0.3) is 16.5 Å². The molecule has 1 rings (SSSR count). The zero-order chi connectivity index (χ0) is 12.0. The van der Waals surface area contributed by atoms with Crippen LogP contribution in [0.15, 0.2) is 23.3 Å². The standard InChI is InChI=1S/C10H10F2N4/c11-7-5-9(12)8(10(13)6-7)3-1-2-4-15-16-14/h1,3,5-6H,2,4,13H2. The molecule has 0 fully saturated rings. The minimum absolute atomic E-state index is 0.0394. The summed E-state index contributed by atoms with van der Waals surface area (Å²) in [7, 11) is 0. The van der Waals surface area contributed by atoms with E-state index in [9.17, 15) is 8.78 Å². The van der Waals surface area contributed by atoms with Crippen molar-refractivity contribution in [2.24, 2.45) is 5.11 Å². The molecule has 0 saturated heterocycles. The molecule has 1 aromatic rings. The maximum atomic E-state index is 13.2. The normalized spacial score (nSPS) is 10.4. The third-order valence-corrected chi connectivity index (χ3v) is 1.87. The van der Waals surface area contributed by atoms with Gasteiger partial charge in [-0.05, 0) is 18.0 Å². The molecule has 0 aliphatic rings. The quantitative estimate of drug-likeness (QED) is 0.275. The van der Waals surface area contributed by atoms with Crippen molar-refractivity contribution >= 4 is 11.8 Å². The lowest BCUT2D eigenvalue weighted by atomic mass is 10.1. The van der Waals surface area contributed by atoms with Crippen molar-refractivity contribution < 1.29 is 8.78 Å². The number of azide groups is 1. The second kappa shape index (κ2) is 5.72. The zero-order valence-electron chi connectivity index (χ0n) is 8.40. The van der Waals surface area contributed by atoms with E-state index in [0.717, 1.165) is 12.1 Å². The highest BCUT2D eigenvalue weighted by molar-refractivity contribution is 5.64. The Labute approximate surface area is 91.0 Å². The number of nitrogens with zero attached hydrogens (tertiary/aromatic N) is 3. The second-order valence-electron chi connectivity index (χ2n) is 3.04. The van der Waals surface area contributed by atoms with Crippen LogP contribution in [0.5, 0.6) is 0 Å². The van der Waals surface area contributed by atoms with Gasteiger partial charge in [-0.15, -0.1) is 0 Å². The third kappa shape index (κ3) is 3.25. The first kappa shape index (κ1) is 12.0. The summed E-state index contributed by atoms with van der Waals surface area (Å²) >= 11 is 0. The summed E-state index contributed by atoms with van der Waals surface area (Å²) in [6.45, 7) is 0.287. The Bertz CT molecular complexity index is 427. The molecular formula is C10H10F2N4. The summed E-state index contributed by atoms with van der Waals surface area (Å²) < 4.78 is 25.9. The van der Waals surface area contributed by atoms with E-state index in [1.54, 1.807) is 6.08 Å². The van der Waals surface area contributed by atoms with Gasteiger partial charge in [-0.1, -0.05) is 17.3 Å². The number of hydrogen-bond acceptors (Lipinski definition) is 2. The molecule has 0 atom stereocenters. The second-order valence-corrected chi connectivity index (χ2v) is 3.04. The maximum absolute atomic E-state index is 13.2. The first-order valence-electron chi connectivity index (χ1n) is 4.57. The predicted octanol–water partition coefficient (Wildman–Crippen LogP) is 3.26. The molecule has 0 spiro atoms. The molecule has 0 radical (unpaired) electrons. The molecule has 0 aliphatic heterocycles. The first-order chi connectivity index (χ1) is 7.65. The molecule has 0 saturated carbocycles. The van der Waals surface area contributed by atoms with Gasteiger partial charge in [-0.2, -0.15) is 0 Å². The fourth-order valence-corrected chi connectivity index (χ4v) is 1.16. The number of nitrogens with two attached hydrogens (primary N) is 1. The van der Waals surface area contributed by atoms with Crippen LogP contribution >= 0.6 is 0 Å². The van der Waals surface area contributed by atoms with Gasteiger partial charge in [0.25, 0.3) is 0 Å². The van der Waals surface area contributed by atoms with Crippen molar-refractivity contribution in [2.45, 2.75) is 6.42 Å². The van der Waals surface area contributed by atoms with E-state index in [1.165, 1.54) is 6.08 Å². The average Bonchev–Trinajstić information content (AvgIpc) is 2.20. The zero-order valence-corrected chi connectivity index (χ0v) is 8.40. The molecule has 0 unspecified atom stereocenters. The van der Waals surface area contributed by atoms with Crippen LogP contribution in [-0.2, 0) is 0 Å². The summed E-state index contributed by atoms with van der Waals surface area (Å²) in [5, 5.41) is 3.31. The number of halogens is 2. The topological polar surface area (TPSA) is 74.8 Å². The van der Waals surface area contributed by atoms with E-state index in [0.29, 0.717) is 6.42 Å². The van der Waals surface area contributed by atoms with Crippen LogP contribution in [0.1, 0.15) is 12.0 Å². The largest absolute Gasteiger partial charge is 0.398 e. The minimum Gasteiger partial charge on any atom is -0.398 e. The average molecular weight is 224 g/mol. The van der Waals surface area contributed by atoms with E-state index >= 15 is 0 Å². The van der Waals surface area contributed by atoms with Crippen molar-refractivity contribution in [1.82, 2.24) is 0 Å². The number of benzene rings is 1. The molecule has 1 aromatic carbocycles. The highest BCUT2D eigenvalue weighted by Gasteiger charge is 2.05. The van der Waals surface area contributed by atoms with Gasteiger partial charge in [0, 0.05) is 28.8 Å². The Kier molecular flexibility index (Phi) is 4.29. The van der Waals surface area contributed by atoms with Crippen LogP contribution in [-0.4, -0.2) is 6.54 Å². The van der Waals surface area contributed by atoms with E-state index in [1.807, 2.05) is 0 Å². The van der Waals surface area contributed by atoms with Gasteiger partial charge >= 0.3 is 0 Å². The highest BCUT2D eigenvalue weighted by atomic mass is 19.1. The van der Waals surface area contributed by atoms with Crippen LogP contribution in [0.4, 0.5) is 14.5 Å². The van der Waals surface area contributed by atoms with Gasteiger partial charge in [0.2, 0.25) is 0 Å². The van der Waals surface area contributed by atoms with E-state index in [2.05, 4.69) is 10.0 Å². The summed E-state index contributed by atoms with van der Waals surface area (Å²) in [4.78, 5) is 2.57. The fraction of sp³-hybridized carbons (Fsp3) is 0.200. The SMILES string of the molecule is [N-]=[N+]=NCCC=Cc1c(N)cc(F)cc1F. The van der Waals surface area contributed by atoms with Crippen LogP contribution in [0.3, 0.4) is 0 Å². The maximum Gasteiger partial charge on any atom is 0.135 e. The van der Waals surface area contributed by atoms with Crippen LogP contribution < -0.4 is 5.73 Å². The molecule has 0 heterocycles. The summed E-state index contributed by atoms with van der Waals surface area (Å²) in [5.41, 5.74) is 13.6. The van der Waals surface area contributed by atoms with E-state index < -0.39 is 11.6 Å². The Morgan fingerprint density at radius 2 is 2.19 bits per heavy atom. The molecule has 84 valence electrons. The van der Waals surface area contributed by atoms with Gasteiger partial charge in [0.05, 0.1) is 0 Å². The number of hydrogen-bond donors (Lipinski definition) is 1. The van der Waals surface area contributed by atoms with Gasteiger partial charge in [-0.25, -0.2) is 8.78 Å². The third-order valence-electron chi connectivity index (χ3n) is 1.87. The minimum atomic E-state index is -0.711. The monoisotopic (exact) mass is 224 g/mol. The molecule has 4 nitrogen and oxygen atoms in total. The molecule has 0 aliphatic carbocycles. The van der Waals surface area contributed by atoms with Gasteiger partial charge < -0.3 is 5.73 Å². The van der Waals surface area contributed by atoms with Crippen LogP contribution in [0.2, 0.25) is 0 Å². The lowest BCUT2D eigenvalue weighted by molar-refractivity contribution is 0.583. The molecule has 6 heteroatoms. The molecule has 2 N–H and O–H groups in total. The Morgan fingerprint density at radius 3 is 2.81 bits per heavy atom. The Hall–Kier alpha value is -2.07. The first-order valence-corrected chi connectivity index (χ1v) is 4.57. The molecular weight excluding hydrogens is 214 g/mol. The van der Waals surface area contributed by atoms with Crippen molar-refractivity contribution in [3.8, 4) is 0 Å². The van der Waals surface area contributed by atoms with E-state index in [4.69, 9.17) is 11.3 Å². The number of rotatable bonds is 4. The number of nitrogen functional groups attached to an aromatic ring is 1. The van der Waals surface area contributed by atoms with Gasteiger partial charge in [0.1, 0.15) is 11.6 Å². The lowest BCUT2D eigenvalue weighted by Gasteiger charge is -2.02. The number of anilines is 1. The van der Waals surface area contributed by atoms with Crippen LogP contribution in [0, 0.1) is 11.6 Å². The fourth-order valence-electron chi connectivity index (χ4n) is 1.16.